The fourth-order valence-corrected chi connectivity index (χ4v) is 3.64. The summed E-state index contributed by atoms with van der Waals surface area (Å²) in [7, 11) is 0. The number of hydrogen-bond acceptors (Lipinski definition) is 5. The summed E-state index contributed by atoms with van der Waals surface area (Å²) in [5.74, 6) is -1.14. The molecule has 4 rings (SSSR count). The third-order valence-corrected chi connectivity index (χ3v) is 4.92. The van der Waals surface area contributed by atoms with E-state index in [1.54, 1.807) is 11.0 Å². The van der Waals surface area contributed by atoms with Gasteiger partial charge in [0.25, 0.3) is 5.91 Å². The molecular formula is C21H21N3O4. The average Bonchev–Trinajstić information content (AvgIpc) is 3.14. The molecule has 2 aromatic rings. The number of esters is 1. The minimum absolute atomic E-state index is 0.0629. The molecule has 0 bridgehead atoms. The lowest BCUT2D eigenvalue weighted by molar-refractivity contribution is -0.145. The molecule has 0 aromatic heterocycles. The minimum atomic E-state index is -0.561. The first-order valence-corrected chi connectivity index (χ1v) is 9.29. The first kappa shape index (κ1) is 18.0. The standard InChI is InChI=1S/C21H21N3O4/c25-19-11-24(18-7-2-1-6-17(18)23-19)12-21(27)28-13-20(26)22-16-9-8-14-4-3-5-15(14)10-16/h1-2,6-10H,3-5,11-13H2,(H,22,26)(H,23,25). The number of carbonyl (C=O) groups excluding carboxylic acids is 3. The summed E-state index contributed by atoms with van der Waals surface area (Å²) in [4.78, 5) is 37.7. The number of hydrogen-bond donors (Lipinski definition) is 2. The summed E-state index contributed by atoms with van der Waals surface area (Å²) in [6, 6.07) is 13.1. The highest BCUT2D eigenvalue weighted by atomic mass is 16.5. The monoisotopic (exact) mass is 379 g/mol. The Kier molecular flexibility index (Phi) is 4.97. The van der Waals surface area contributed by atoms with E-state index in [1.165, 1.54) is 11.1 Å². The van der Waals surface area contributed by atoms with Crippen LogP contribution in [0.2, 0.25) is 0 Å². The van der Waals surface area contributed by atoms with Gasteiger partial charge in [0, 0.05) is 5.69 Å². The minimum Gasteiger partial charge on any atom is -0.454 e. The smallest absolute Gasteiger partial charge is 0.326 e. The first-order chi connectivity index (χ1) is 13.6. The Hall–Kier alpha value is -3.35. The molecule has 2 aliphatic rings. The Morgan fingerprint density at radius 2 is 1.93 bits per heavy atom. The molecule has 0 fully saturated rings. The molecule has 7 nitrogen and oxygen atoms in total. The molecule has 0 saturated heterocycles. The largest absolute Gasteiger partial charge is 0.454 e. The van der Waals surface area contributed by atoms with Crippen LogP contribution in [-0.4, -0.2) is 37.5 Å². The van der Waals surface area contributed by atoms with Crippen LogP contribution in [0.15, 0.2) is 42.5 Å². The van der Waals surface area contributed by atoms with Crippen molar-refractivity contribution in [3.8, 4) is 0 Å². The fourth-order valence-electron chi connectivity index (χ4n) is 3.64. The number of amides is 2. The molecule has 28 heavy (non-hydrogen) atoms. The Balaban J connectivity index is 1.30. The third-order valence-electron chi connectivity index (χ3n) is 4.92. The van der Waals surface area contributed by atoms with Crippen molar-refractivity contribution < 1.29 is 19.1 Å². The van der Waals surface area contributed by atoms with Crippen LogP contribution in [-0.2, 0) is 32.0 Å². The van der Waals surface area contributed by atoms with Crippen LogP contribution in [0.3, 0.4) is 0 Å². The Morgan fingerprint density at radius 3 is 2.82 bits per heavy atom. The van der Waals surface area contributed by atoms with E-state index in [4.69, 9.17) is 4.74 Å². The Morgan fingerprint density at radius 1 is 1.11 bits per heavy atom. The zero-order valence-electron chi connectivity index (χ0n) is 15.4. The number of para-hydroxylation sites is 2. The van der Waals surface area contributed by atoms with Gasteiger partial charge in [-0.1, -0.05) is 18.2 Å². The van der Waals surface area contributed by atoms with Gasteiger partial charge in [-0.05, 0) is 54.7 Å². The van der Waals surface area contributed by atoms with E-state index in [1.807, 2.05) is 36.4 Å². The summed E-state index contributed by atoms with van der Waals surface area (Å²) >= 11 is 0. The van der Waals surface area contributed by atoms with Crippen molar-refractivity contribution in [2.24, 2.45) is 0 Å². The Labute approximate surface area is 162 Å². The van der Waals surface area contributed by atoms with Gasteiger partial charge in [0.05, 0.1) is 17.9 Å². The molecule has 1 aliphatic carbocycles. The first-order valence-electron chi connectivity index (χ1n) is 9.29. The topological polar surface area (TPSA) is 87.7 Å². The SMILES string of the molecule is O=C(COC(=O)CN1CC(=O)Nc2ccccc21)Nc1ccc2c(c1)CCC2. The number of nitrogens with zero attached hydrogens (tertiary/aromatic N) is 1. The predicted molar refractivity (Wildman–Crippen MR) is 105 cm³/mol. The lowest BCUT2D eigenvalue weighted by atomic mass is 10.1. The van der Waals surface area contributed by atoms with Crippen LogP contribution in [0.25, 0.3) is 0 Å². The average molecular weight is 379 g/mol. The molecule has 0 radical (unpaired) electrons. The summed E-state index contributed by atoms with van der Waals surface area (Å²) in [6.07, 6.45) is 3.25. The molecule has 2 amide bonds. The summed E-state index contributed by atoms with van der Waals surface area (Å²) in [5, 5.41) is 5.52. The number of benzene rings is 2. The highest BCUT2D eigenvalue weighted by Gasteiger charge is 2.24. The zero-order valence-corrected chi connectivity index (χ0v) is 15.4. The van der Waals surface area contributed by atoms with Crippen LogP contribution in [0.4, 0.5) is 17.1 Å². The lowest BCUT2D eigenvalue weighted by Gasteiger charge is -2.29. The number of anilines is 3. The van der Waals surface area contributed by atoms with Crippen molar-refractivity contribution in [2.45, 2.75) is 19.3 Å². The van der Waals surface area contributed by atoms with Gasteiger partial charge >= 0.3 is 5.97 Å². The number of rotatable bonds is 5. The second-order valence-corrected chi connectivity index (χ2v) is 6.97. The van der Waals surface area contributed by atoms with Gasteiger partial charge < -0.3 is 20.3 Å². The van der Waals surface area contributed by atoms with Crippen molar-refractivity contribution in [1.29, 1.82) is 0 Å². The molecular weight excluding hydrogens is 358 g/mol. The van der Waals surface area contributed by atoms with E-state index in [0.717, 1.165) is 24.9 Å². The summed E-state index contributed by atoms with van der Waals surface area (Å²) in [5.41, 5.74) is 4.71. The molecule has 1 aliphatic heterocycles. The van der Waals surface area contributed by atoms with Gasteiger partial charge in [0.2, 0.25) is 5.91 Å². The van der Waals surface area contributed by atoms with E-state index in [2.05, 4.69) is 10.6 Å². The van der Waals surface area contributed by atoms with E-state index < -0.39 is 5.97 Å². The number of carbonyl (C=O) groups is 3. The van der Waals surface area contributed by atoms with Crippen molar-refractivity contribution in [2.75, 3.05) is 35.2 Å². The van der Waals surface area contributed by atoms with Crippen LogP contribution in [0, 0.1) is 0 Å². The molecule has 0 saturated carbocycles. The second-order valence-electron chi connectivity index (χ2n) is 6.97. The van der Waals surface area contributed by atoms with Gasteiger partial charge in [-0.15, -0.1) is 0 Å². The third kappa shape index (κ3) is 3.98. The number of ether oxygens (including phenoxy) is 1. The number of fused-ring (bicyclic) bond motifs is 2. The van der Waals surface area contributed by atoms with Crippen molar-refractivity contribution in [3.63, 3.8) is 0 Å². The van der Waals surface area contributed by atoms with Crippen molar-refractivity contribution in [3.05, 3.63) is 53.6 Å². The zero-order chi connectivity index (χ0) is 19.5. The molecule has 0 atom stereocenters. The molecule has 0 unspecified atom stereocenters. The van der Waals surface area contributed by atoms with Crippen molar-refractivity contribution in [1.82, 2.24) is 0 Å². The molecule has 2 aromatic carbocycles. The maximum atomic E-state index is 12.2. The van der Waals surface area contributed by atoms with Gasteiger partial charge in [0.1, 0.15) is 6.54 Å². The maximum absolute atomic E-state index is 12.2. The number of aryl methyl sites for hydroxylation is 2. The van der Waals surface area contributed by atoms with Crippen LogP contribution < -0.4 is 15.5 Å². The quantitative estimate of drug-likeness (QED) is 0.777. The normalized spacial score (nSPS) is 14.7. The van der Waals surface area contributed by atoms with Crippen LogP contribution in [0.1, 0.15) is 17.5 Å². The fraction of sp³-hybridized carbons (Fsp3) is 0.286. The molecule has 2 N–H and O–H groups in total. The van der Waals surface area contributed by atoms with Gasteiger partial charge in [0.15, 0.2) is 6.61 Å². The van der Waals surface area contributed by atoms with Gasteiger partial charge in [-0.25, -0.2) is 0 Å². The predicted octanol–water partition coefficient (Wildman–Crippen LogP) is 2.12. The van der Waals surface area contributed by atoms with E-state index in [9.17, 15) is 14.4 Å². The van der Waals surface area contributed by atoms with Gasteiger partial charge in [-0.2, -0.15) is 0 Å². The van der Waals surface area contributed by atoms with Crippen molar-refractivity contribution >= 4 is 34.8 Å². The molecule has 0 spiro atoms. The van der Waals surface area contributed by atoms with Gasteiger partial charge in [-0.3, -0.25) is 14.4 Å². The van der Waals surface area contributed by atoms with E-state index in [0.29, 0.717) is 11.4 Å². The maximum Gasteiger partial charge on any atom is 0.326 e. The van der Waals surface area contributed by atoms with E-state index >= 15 is 0 Å². The molecule has 144 valence electrons. The highest BCUT2D eigenvalue weighted by molar-refractivity contribution is 6.02. The highest BCUT2D eigenvalue weighted by Crippen LogP contribution is 2.28. The lowest BCUT2D eigenvalue weighted by Crippen LogP contribution is -2.41. The van der Waals surface area contributed by atoms with Crippen LogP contribution >= 0.6 is 0 Å². The van der Waals surface area contributed by atoms with Crippen LogP contribution in [0.5, 0.6) is 0 Å². The summed E-state index contributed by atoms with van der Waals surface area (Å²) < 4.78 is 5.10. The molecule has 1 heterocycles. The molecule has 7 heteroatoms. The summed E-state index contributed by atoms with van der Waals surface area (Å²) in [6.45, 7) is -0.401. The Bertz CT molecular complexity index is 941. The number of nitrogens with one attached hydrogen (secondary N) is 2. The van der Waals surface area contributed by atoms with E-state index in [-0.39, 0.29) is 31.5 Å². The second kappa shape index (κ2) is 7.72.